The van der Waals surface area contributed by atoms with Gasteiger partial charge in [0.2, 0.25) is 0 Å². The minimum atomic E-state index is 0.306. The molecular weight excluding hydrogens is 1570 g/mol. The van der Waals surface area contributed by atoms with E-state index in [0.717, 1.165) is 259 Å². The Labute approximate surface area is 747 Å². The number of Topliss-reactive ketones (excluding diaryl/α,β-unsaturated/α-hetero) is 10. The number of piperidine rings is 10. The van der Waals surface area contributed by atoms with Crippen LogP contribution in [-0.4, -0.2) is 270 Å². The Morgan fingerprint density at radius 1 is 0.336 bits per heavy atom. The van der Waals surface area contributed by atoms with Gasteiger partial charge in [-0.2, -0.15) is 0 Å². The number of aromatic hydroxyl groups is 1. The molecule has 17 rings (SSSR count). The van der Waals surface area contributed by atoms with Crippen LogP contribution < -0.4 is 9.80 Å². The number of benzene rings is 5. The predicted molar refractivity (Wildman–Crippen MR) is 500 cm³/mol. The van der Waals surface area contributed by atoms with Gasteiger partial charge < -0.3 is 34.5 Å². The second-order valence-electron chi connectivity index (χ2n) is 35.1. The average Bonchev–Trinajstić information content (AvgIpc) is 0.895. The molecule has 125 heavy (non-hydrogen) atoms. The molecule has 1 aliphatic carbocycles. The SMILES string of the molecule is CC(C)N1CCC(=O)CC1.CCN1CCC(=O)CC1.CN1CCC(=O)CC1.Cc1ccc(N2CCC(=O)CC2)cc1.O=C1CCN(C2CCCCC2)CC1.O=C1CCN(CCc2ccccc2)CC1.O=C1CCN(Cc2cccc(O)c2)CC1.O=C1CCN(Cc2ccccc2)CC1.O=C1CCN(Cc2ccncc2)CC1.O=C1CCN(c2ccccc2)CC1. The monoisotopic (exact) mass is 1710 g/mol. The van der Waals surface area contributed by atoms with Gasteiger partial charge in [0.1, 0.15) is 63.6 Å². The highest BCUT2D eigenvalue weighted by molar-refractivity contribution is 5.84. The maximum atomic E-state index is 11.1. The maximum absolute atomic E-state index is 11.1. The summed E-state index contributed by atoms with van der Waals surface area (Å²) in [7, 11) is 2.05. The van der Waals surface area contributed by atoms with Crippen molar-refractivity contribution in [2.24, 2.45) is 0 Å². The lowest BCUT2D eigenvalue weighted by molar-refractivity contribution is -0.122. The minimum Gasteiger partial charge on any atom is -0.508 e. The Hall–Kier alpha value is -8.97. The molecule has 22 nitrogen and oxygen atoms in total. The molecule has 6 aromatic rings. The number of ketones is 10. The molecule has 10 saturated heterocycles. The first-order chi connectivity index (χ1) is 60.6. The Kier molecular flexibility index (Phi) is 47.4. The Morgan fingerprint density at radius 2 is 0.664 bits per heavy atom. The van der Waals surface area contributed by atoms with Gasteiger partial charge in [-0.1, -0.05) is 135 Å². The van der Waals surface area contributed by atoms with E-state index in [2.05, 4.69) is 167 Å². The molecule has 0 unspecified atom stereocenters. The molecule has 5 aromatic carbocycles. The zero-order chi connectivity index (χ0) is 89.2. The van der Waals surface area contributed by atoms with Crippen LogP contribution in [0, 0.1) is 6.92 Å². The topological polar surface area (TPSA) is 236 Å². The van der Waals surface area contributed by atoms with Crippen molar-refractivity contribution in [3.63, 3.8) is 0 Å². The molecule has 1 aromatic heterocycles. The number of rotatable bonds is 14. The Bertz CT molecular complexity index is 4000. The van der Waals surface area contributed by atoms with E-state index >= 15 is 0 Å². The first-order valence-electron chi connectivity index (χ1n) is 46.9. The largest absolute Gasteiger partial charge is 0.508 e. The quantitative estimate of drug-likeness (QED) is 0.107. The van der Waals surface area contributed by atoms with Crippen LogP contribution in [0.1, 0.15) is 209 Å². The summed E-state index contributed by atoms with van der Waals surface area (Å²) in [5.41, 5.74) is 8.84. The number of carbonyl (C=O) groups is 10. The summed E-state index contributed by atoms with van der Waals surface area (Å²) in [6, 6.07) is 52.5. The van der Waals surface area contributed by atoms with Crippen molar-refractivity contribution in [2.45, 2.75) is 226 Å². The van der Waals surface area contributed by atoms with Crippen molar-refractivity contribution in [2.75, 3.05) is 161 Å². The smallest absolute Gasteiger partial charge is 0.136 e. The highest BCUT2D eigenvalue weighted by Gasteiger charge is 2.27. The molecule has 680 valence electrons. The van der Waals surface area contributed by atoms with Gasteiger partial charge in [0.15, 0.2) is 0 Å². The third-order valence-corrected chi connectivity index (χ3v) is 25.0. The number of anilines is 2. The van der Waals surface area contributed by atoms with E-state index in [1.54, 1.807) is 12.1 Å². The molecule has 11 fully saturated rings. The van der Waals surface area contributed by atoms with Gasteiger partial charge in [0.25, 0.3) is 0 Å². The summed E-state index contributed by atoms with van der Waals surface area (Å²) < 4.78 is 0. The fourth-order valence-corrected chi connectivity index (χ4v) is 16.6. The summed E-state index contributed by atoms with van der Waals surface area (Å²) in [6.07, 6.45) is 26.4. The number of nitrogens with zero attached hydrogens (tertiary/aromatic N) is 11. The molecule has 0 spiro atoms. The molecule has 11 heterocycles. The lowest BCUT2D eigenvalue weighted by atomic mass is 9.93. The van der Waals surface area contributed by atoms with Gasteiger partial charge in [0, 0.05) is 321 Å². The van der Waals surface area contributed by atoms with Crippen LogP contribution in [-0.2, 0) is 74.0 Å². The van der Waals surface area contributed by atoms with Crippen LogP contribution in [0.15, 0.2) is 164 Å². The fraction of sp³-hybridized carbons (Fsp3) is 0.563. The van der Waals surface area contributed by atoms with E-state index in [1.807, 2.05) is 74.0 Å². The normalized spacial score (nSPS) is 20.0. The number of aryl methyl sites for hydroxylation is 1. The maximum Gasteiger partial charge on any atom is 0.136 e. The lowest BCUT2D eigenvalue weighted by Gasteiger charge is -2.36. The molecular formula is C103H147N11O11. The van der Waals surface area contributed by atoms with Crippen LogP contribution in [0.25, 0.3) is 0 Å². The molecule has 0 radical (unpaired) electrons. The zero-order valence-corrected chi connectivity index (χ0v) is 76.3. The molecule has 10 aliphatic heterocycles. The lowest BCUT2D eigenvalue weighted by Crippen LogP contribution is -2.42. The van der Waals surface area contributed by atoms with Crippen molar-refractivity contribution in [3.05, 3.63) is 192 Å². The number of hydrogen-bond acceptors (Lipinski definition) is 22. The Balaban J connectivity index is 0.000000173. The van der Waals surface area contributed by atoms with Crippen LogP contribution >= 0.6 is 0 Å². The number of hydrogen-bond donors (Lipinski definition) is 1. The second-order valence-corrected chi connectivity index (χ2v) is 35.1. The number of para-hydroxylation sites is 1. The van der Waals surface area contributed by atoms with Crippen LogP contribution in [0.3, 0.4) is 0 Å². The molecule has 1 saturated carbocycles. The molecule has 0 atom stereocenters. The number of phenols is 1. The molecule has 0 amide bonds. The van der Waals surface area contributed by atoms with Crippen LogP contribution in [0.5, 0.6) is 5.75 Å². The standard InChI is InChI=1S/C13H17NO.C12H15NO2.2C12H15NO.C11H14N2O.C11H19NO.C11H13NO.C8H15NO.C7H13NO.C6H11NO/c15-13-7-10-14(11-8-13)9-6-12-4-2-1-3-5-12;14-11-4-6-13(7-5-11)9-10-2-1-3-12(15)8-10;1-10-2-4-11(5-3-10)13-8-6-12(14)7-9-13;14-12-6-8-13(9-7-12)10-11-4-2-1-3-5-11;14-11-3-7-13(8-4-11)9-10-1-5-12-6-2-10;2*13-11-6-8-12(9-7-11)10-4-2-1-3-5-10;1-7(2)9-5-3-8(10)4-6-9;1-2-8-5-3-7(9)4-6-8;1-7-4-2-6(8)3-5-7/h1-5H,6-11H2;1-3,8,15H,4-7,9H2;2-5H,6-9H2,1H3;1-5H,6-10H2;1-2,5-6H,3-4,7-9H2;10H,1-9H2;1-5H,6-9H2;7H,3-6H2,1-2H3;2-6H2,1H3;2-5H2,1H3. The molecule has 0 bridgehead atoms. The first kappa shape index (κ1) is 101. The van der Waals surface area contributed by atoms with E-state index in [9.17, 15) is 53.1 Å². The van der Waals surface area contributed by atoms with Crippen molar-refractivity contribution in [3.8, 4) is 5.75 Å². The zero-order valence-electron chi connectivity index (χ0n) is 76.3. The highest BCUT2D eigenvalue weighted by atomic mass is 16.3. The van der Waals surface area contributed by atoms with Crippen molar-refractivity contribution < 1.29 is 53.1 Å². The summed E-state index contributed by atoms with van der Waals surface area (Å²) in [5.74, 6) is 4.44. The number of aromatic nitrogens is 1. The molecule has 22 heteroatoms. The fourth-order valence-electron chi connectivity index (χ4n) is 16.6. The van der Waals surface area contributed by atoms with Crippen molar-refractivity contribution in [1.82, 2.24) is 44.2 Å². The Morgan fingerprint density at radius 3 is 1.06 bits per heavy atom. The van der Waals surface area contributed by atoms with E-state index in [1.165, 1.54) is 65.7 Å². The van der Waals surface area contributed by atoms with Crippen molar-refractivity contribution >= 4 is 69.2 Å². The third kappa shape index (κ3) is 42.5. The van der Waals surface area contributed by atoms with Crippen LogP contribution in [0.2, 0.25) is 0 Å². The second kappa shape index (κ2) is 58.4. The van der Waals surface area contributed by atoms with Gasteiger partial charge in [-0.05, 0) is 124 Å². The molecule has 11 aliphatic rings. The number of phenolic OH excluding ortho intramolecular Hbond substituents is 1. The van der Waals surface area contributed by atoms with Gasteiger partial charge >= 0.3 is 0 Å². The number of carbonyl (C=O) groups excluding carboxylic acids is 10. The highest BCUT2D eigenvalue weighted by Crippen LogP contribution is 2.26. The summed E-state index contributed by atoms with van der Waals surface area (Å²) in [4.78, 5) is 137. The third-order valence-electron chi connectivity index (χ3n) is 25.0. The van der Waals surface area contributed by atoms with Crippen LogP contribution in [0.4, 0.5) is 11.4 Å². The summed E-state index contributed by atoms with van der Waals surface area (Å²) >= 11 is 0. The predicted octanol–water partition coefficient (Wildman–Crippen LogP) is 14.6. The van der Waals surface area contributed by atoms with Crippen molar-refractivity contribution in [1.29, 1.82) is 0 Å². The van der Waals surface area contributed by atoms with E-state index in [4.69, 9.17) is 0 Å². The van der Waals surface area contributed by atoms with Gasteiger partial charge in [-0.25, -0.2) is 0 Å². The van der Waals surface area contributed by atoms with Gasteiger partial charge in [-0.15, -0.1) is 0 Å². The van der Waals surface area contributed by atoms with E-state index < -0.39 is 0 Å². The number of pyridine rings is 1. The number of likely N-dealkylation sites (tertiary alicyclic amines) is 8. The van der Waals surface area contributed by atoms with Gasteiger partial charge in [-0.3, -0.25) is 72.5 Å². The summed E-state index contributed by atoms with van der Waals surface area (Å²) in [6.45, 7) is 32.1. The first-order valence-corrected chi connectivity index (χ1v) is 46.9. The molecule has 1 N–H and O–H groups in total. The minimum absolute atomic E-state index is 0.306. The van der Waals surface area contributed by atoms with E-state index in [-0.39, 0.29) is 0 Å². The average molecular weight is 1720 g/mol. The summed E-state index contributed by atoms with van der Waals surface area (Å²) in [5, 5.41) is 9.31. The van der Waals surface area contributed by atoms with E-state index in [0.29, 0.717) is 121 Å². The van der Waals surface area contributed by atoms with Gasteiger partial charge in [0.05, 0.1) is 0 Å².